The molecule has 0 saturated carbocycles. The number of nitrogens with zero attached hydrogens (tertiary/aromatic N) is 1. The third kappa shape index (κ3) is 4.82. The monoisotopic (exact) mass is 382 g/mol. The number of thiophene rings is 1. The number of nitrogens with one attached hydrogen (secondary N) is 3. The summed E-state index contributed by atoms with van der Waals surface area (Å²) >= 11 is 2.84. The van der Waals surface area contributed by atoms with E-state index in [1.165, 1.54) is 23.1 Å². The number of fused-ring (bicyclic) bond motifs is 1. The summed E-state index contributed by atoms with van der Waals surface area (Å²) in [7, 11) is 0. The molecule has 2 amide bonds. The number of amides is 2. The van der Waals surface area contributed by atoms with Gasteiger partial charge >= 0.3 is 0 Å². The minimum Gasteiger partial charge on any atom is -0.355 e. The van der Waals surface area contributed by atoms with E-state index in [-0.39, 0.29) is 23.1 Å². The van der Waals surface area contributed by atoms with Crippen LogP contribution < -0.4 is 16.2 Å². The number of H-pyrrole nitrogens is 1. The van der Waals surface area contributed by atoms with Crippen molar-refractivity contribution >= 4 is 45.1 Å². The molecule has 7 nitrogen and oxygen atoms in total. The maximum atomic E-state index is 12.2. The van der Waals surface area contributed by atoms with Gasteiger partial charge in [0.05, 0.1) is 16.9 Å². The Morgan fingerprint density at radius 3 is 2.76 bits per heavy atom. The number of hydrogen-bond acceptors (Lipinski definition) is 6. The molecule has 0 aromatic carbocycles. The fourth-order valence-electron chi connectivity index (χ4n) is 2.28. The number of carbonyl (C=O) groups is 2. The molecule has 0 fully saturated rings. The minimum absolute atomic E-state index is 0.142. The standard InChI is InChI=1S/C16H22N4O3S2/c1-5-17-14(22)9(3)18-12(21)7-24-6-11-19-15(23)13-8(2)10(4)25-16(13)20-11/h9H,5-7H2,1-4H3,(H,17,22)(H,18,21)(H,19,20,23)/t9-/m0/s1. The molecule has 136 valence electrons. The largest absolute Gasteiger partial charge is 0.355 e. The molecule has 9 heteroatoms. The molecule has 25 heavy (non-hydrogen) atoms. The molecule has 3 N–H and O–H groups in total. The summed E-state index contributed by atoms with van der Waals surface area (Å²) in [5.74, 6) is 0.724. The summed E-state index contributed by atoms with van der Waals surface area (Å²) in [6.45, 7) is 7.87. The van der Waals surface area contributed by atoms with E-state index in [0.717, 1.165) is 15.3 Å². The zero-order valence-corrected chi connectivity index (χ0v) is 16.3. The molecule has 0 spiro atoms. The lowest BCUT2D eigenvalue weighted by Crippen LogP contribution is -2.45. The van der Waals surface area contributed by atoms with Crippen molar-refractivity contribution in [2.75, 3.05) is 12.3 Å². The van der Waals surface area contributed by atoms with Gasteiger partial charge in [0, 0.05) is 11.4 Å². The highest BCUT2D eigenvalue weighted by molar-refractivity contribution is 7.99. The smallest absolute Gasteiger partial charge is 0.259 e. The highest BCUT2D eigenvalue weighted by Crippen LogP contribution is 2.26. The lowest BCUT2D eigenvalue weighted by atomic mass is 10.2. The Kier molecular flexibility index (Phi) is 6.60. The van der Waals surface area contributed by atoms with Crippen molar-refractivity contribution in [1.82, 2.24) is 20.6 Å². The highest BCUT2D eigenvalue weighted by Gasteiger charge is 2.15. The van der Waals surface area contributed by atoms with Crippen LogP contribution >= 0.6 is 23.1 Å². The van der Waals surface area contributed by atoms with Gasteiger partial charge in [-0.05, 0) is 33.3 Å². The summed E-state index contributed by atoms with van der Waals surface area (Å²) in [5.41, 5.74) is 0.823. The Hall–Kier alpha value is -1.87. The molecule has 1 atom stereocenters. The summed E-state index contributed by atoms with van der Waals surface area (Å²) in [6.07, 6.45) is 0. The fourth-order valence-corrected chi connectivity index (χ4v) is 4.03. The molecule has 0 radical (unpaired) electrons. The Morgan fingerprint density at radius 1 is 1.36 bits per heavy atom. The molecule has 2 rings (SSSR count). The molecule has 2 heterocycles. The van der Waals surface area contributed by atoms with Gasteiger partial charge < -0.3 is 15.6 Å². The number of likely N-dealkylation sites (N-methyl/N-ethyl adjacent to an activating group) is 1. The zero-order chi connectivity index (χ0) is 18.6. The second-order valence-corrected chi connectivity index (χ2v) is 7.84. The van der Waals surface area contributed by atoms with Crippen molar-refractivity contribution in [2.45, 2.75) is 39.5 Å². The average molecular weight is 383 g/mol. The topological polar surface area (TPSA) is 104 Å². The SMILES string of the molecule is CCNC(=O)[C@H](C)NC(=O)CSCc1nc2sc(C)c(C)c2c(=O)[nH]1. The van der Waals surface area contributed by atoms with Crippen LogP contribution in [0, 0.1) is 13.8 Å². The fraction of sp³-hybridized carbons (Fsp3) is 0.500. The Morgan fingerprint density at radius 2 is 2.08 bits per heavy atom. The highest BCUT2D eigenvalue weighted by atomic mass is 32.2. The quantitative estimate of drug-likeness (QED) is 0.673. The van der Waals surface area contributed by atoms with Gasteiger partial charge in [0.2, 0.25) is 11.8 Å². The molecular weight excluding hydrogens is 360 g/mol. The molecule has 0 bridgehead atoms. The van der Waals surface area contributed by atoms with Crippen LogP contribution in [-0.4, -0.2) is 40.1 Å². The minimum atomic E-state index is -0.570. The van der Waals surface area contributed by atoms with E-state index in [0.29, 0.717) is 23.5 Å². The number of carbonyl (C=O) groups excluding carboxylic acids is 2. The third-order valence-corrected chi connectivity index (χ3v) is 5.73. The predicted octanol–water partition coefficient (Wildman–Crippen LogP) is 1.48. The van der Waals surface area contributed by atoms with E-state index < -0.39 is 6.04 Å². The first-order valence-electron chi connectivity index (χ1n) is 7.97. The number of aromatic amines is 1. The summed E-state index contributed by atoms with van der Waals surface area (Å²) in [5, 5.41) is 5.94. The van der Waals surface area contributed by atoms with Crippen molar-refractivity contribution in [1.29, 1.82) is 0 Å². The van der Waals surface area contributed by atoms with E-state index in [1.807, 2.05) is 20.8 Å². The van der Waals surface area contributed by atoms with Gasteiger partial charge in [-0.3, -0.25) is 14.4 Å². The molecule has 2 aromatic rings. The molecular formula is C16H22N4O3S2. The molecule has 0 aliphatic carbocycles. The van der Waals surface area contributed by atoms with E-state index in [1.54, 1.807) is 6.92 Å². The average Bonchev–Trinajstić information content (AvgIpc) is 2.82. The van der Waals surface area contributed by atoms with Crippen LogP contribution in [0.15, 0.2) is 4.79 Å². The van der Waals surface area contributed by atoms with Crippen molar-refractivity contribution in [2.24, 2.45) is 0 Å². The van der Waals surface area contributed by atoms with E-state index >= 15 is 0 Å². The summed E-state index contributed by atoms with van der Waals surface area (Å²) < 4.78 is 0. The first-order valence-corrected chi connectivity index (χ1v) is 9.94. The predicted molar refractivity (Wildman–Crippen MR) is 102 cm³/mol. The van der Waals surface area contributed by atoms with Crippen LogP contribution in [0.25, 0.3) is 10.2 Å². The number of thioether (sulfide) groups is 1. The number of rotatable bonds is 7. The van der Waals surface area contributed by atoms with Gasteiger partial charge in [0.25, 0.3) is 5.56 Å². The van der Waals surface area contributed by atoms with Crippen LogP contribution in [0.1, 0.15) is 30.1 Å². The van der Waals surface area contributed by atoms with E-state index in [9.17, 15) is 14.4 Å². The van der Waals surface area contributed by atoms with Gasteiger partial charge in [-0.1, -0.05) is 0 Å². The first kappa shape index (κ1) is 19.5. The summed E-state index contributed by atoms with van der Waals surface area (Å²) in [6, 6.07) is -0.570. The number of hydrogen-bond donors (Lipinski definition) is 3. The van der Waals surface area contributed by atoms with Gasteiger partial charge in [-0.25, -0.2) is 4.98 Å². The Balaban J connectivity index is 1.91. The van der Waals surface area contributed by atoms with Crippen LogP contribution in [0.4, 0.5) is 0 Å². The van der Waals surface area contributed by atoms with Gasteiger partial charge in [0.1, 0.15) is 16.7 Å². The van der Waals surface area contributed by atoms with Crippen LogP contribution in [-0.2, 0) is 15.3 Å². The maximum Gasteiger partial charge on any atom is 0.259 e. The van der Waals surface area contributed by atoms with Gasteiger partial charge in [-0.2, -0.15) is 0 Å². The molecule has 0 aliphatic rings. The van der Waals surface area contributed by atoms with Crippen LogP contribution in [0.3, 0.4) is 0 Å². The first-order chi connectivity index (χ1) is 11.8. The van der Waals surface area contributed by atoms with Crippen LogP contribution in [0.5, 0.6) is 0 Å². The summed E-state index contributed by atoms with van der Waals surface area (Å²) in [4.78, 5) is 44.7. The Labute approximate surface area is 154 Å². The molecule has 0 unspecified atom stereocenters. The van der Waals surface area contributed by atoms with Crippen molar-refractivity contribution in [3.8, 4) is 0 Å². The number of aryl methyl sites for hydroxylation is 2. The second kappa shape index (κ2) is 8.48. The molecule has 0 aliphatic heterocycles. The maximum absolute atomic E-state index is 12.2. The van der Waals surface area contributed by atoms with E-state index in [4.69, 9.17) is 0 Å². The molecule has 2 aromatic heterocycles. The second-order valence-electron chi connectivity index (χ2n) is 5.65. The van der Waals surface area contributed by atoms with Gasteiger partial charge in [0.15, 0.2) is 0 Å². The van der Waals surface area contributed by atoms with E-state index in [2.05, 4.69) is 20.6 Å². The van der Waals surface area contributed by atoms with Crippen LogP contribution in [0.2, 0.25) is 0 Å². The lowest BCUT2D eigenvalue weighted by molar-refractivity contribution is -0.127. The Bertz CT molecular complexity index is 844. The van der Waals surface area contributed by atoms with Gasteiger partial charge in [-0.15, -0.1) is 23.1 Å². The van der Waals surface area contributed by atoms with Crippen molar-refractivity contribution < 1.29 is 9.59 Å². The normalized spacial score (nSPS) is 12.2. The number of aromatic nitrogens is 2. The van der Waals surface area contributed by atoms with Crippen molar-refractivity contribution in [3.05, 3.63) is 26.6 Å². The lowest BCUT2D eigenvalue weighted by Gasteiger charge is -2.13. The zero-order valence-electron chi connectivity index (χ0n) is 14.7. The van der Waals surface area contributed by atoms with Crippen molar-refractivity contribution in [3.63, 3.8) is 0 Å². The third-order valence-electron chi connectivity index (χ3n) is 3.68. The molecule has 0 saturated heterocycles.